The Hall–Kier alpha value is -4.76. The Labute approximate surface area is 210 Å². The molecule has 4 rings (SSSR count). The second-order valence-electron chi connectivity index (χ2n) is 7.83. The molecular weight excluding hydrogens is 468 g/mol. The number of anilines is 1. The van der Waals surface area contributed by atoms with E-state index < -0.39 is 10.0 Å². The van der Waals surface area contributed by atoms with Gasteiger partial charge in [0, 0.05) is 22.1 Å². The molecule has 36 heavy (non-hydrogen) atoms. The van der Waals surface area contributed by atoms with E-state index in [1.54, 1.807) is 60.7 Å². The Morgan fingerprint density at radius 2 is 1.50 bits per heavy atom. The van der Waals surface area contributed by atoms with E-state index in [2.05, 4.69) is 22.0 Å². The van der Waals surface area contributed by atoms with Crippen molar-refractivity contribution >= 4 is 33.6 Å². The van der Waals surface area contributed by atoms with Crippen molar-refractivity contribution < 1.29 is 8.42 Å². The molecule has 0 heterocycles. The molecule has 0 fully saturated rings. The Balaban J connectivity index is 1.87. The van der Waals surface area contributed by atoms with Gasteiger partial charge in [0.1, 0.15) is 0 Å². The molecule has 0 radical (unpaired) electrons. The lowest BCUT2D eigenvalue weighted by molar-refractivity contribution is 0.596. The smallest absolute Gasteiger partial charge is 0.200 e. The third kappa shape index (κ3) is 5.65. The highest BCUT2D eigenvalue weighted by Crippen LogP contribution is 2.29. The Bertz CT molecular complexity index is 1610. The second kappa shape index (κ2) is 11.1. The highest BCUT2D eigenvalue weighted by molar-refractivity contribution is 7.93. The van der Waals surface area contributed by atoms with Crippen molar-refractivity contribution in [2.45, 2.75) is 11.8 Å². The van der Waals surface area contributed by atoms with E-state index in [4.69, 9.17) is 5.53 Å². The summed E-state index contributed by atoms with van der Waals surface area (Å²) in [7, 11) is -4.05. The van der Waals surface area contributed by atoms with E-state index in [9.17, 15) is 8.42 Å². The summed E-state index contributed by atoms with van der Waals surface area (Å²) in [6.07, 6.45) is 3.78. The van der Waals surface area contributed by atoms with E-state index in [-0.39, 0.29) is 4.90 Å². The zero-order chi connectivity index (χ0) is 25.4. The van der Waals surface area contributed by atoms with Crippen LogP contribution in [-0.2, 0) is 10.0 Å². The van der Waals surface area contributed by atoms with Gasteiger partial charge in [-0.1, -0.05) is 102 Å². The van der Waals surface area contributed by atoms with Crippen molar-refractivity contribution in [2.24, 2.45) is 5.11 Å². The molecule has 4 aromatic carbocycles. The van der Waals surface area contributed by atoms with Gasteiger partial charge in [0.05, 0.1) is 16.3 Å². The van der Waals surface area contributed by atoms with Crippen LogP contribution in [0.25, 0.3) is 22.6 Å². The maximum atomic E-state index is 13.8. The first kappa shape index (κ1) is 24.4. The summed E-state index contributed by atoms with van der Waals surface area (Å²) in [5.41, 5.74) is 12.6. The van der Waals surface area contributed by atoms with Gasteiger partial charge in [-0.05, 0) is 48.2 Å². The zero-order valence-corrected chi connectivity index (χ0v) is 20.3. The van der Waals surface area contributed by atoms with Gasteiger partial charge in [-0.2, -0.15) is 4.31 Å². The molecule has 0 spiro atoms. The summed E-state index contributed by atoms with van der Waals surface area (Å²) in [4.78, 5) is 2.96. The quantitative estimate of drug-likeness (QED) is 0.0708. The number of nitrogens with zero attached hydrogens (tertiary/aromatic N) is 4. The molecule has 0 aliphatic rings. The number of hydrogen-bond donors (Lipinski definition) is 0. The van der Waals surface area contributed by atoms with Gasteiger partial charge >= 0.3 is 0 Å². The average molecular weight is 491 g/mol. The van der Waals surface area contributed by atoms with E-state index >= 15 is 0 Å². The van der Waals surface area contributed by atoms with Gasteiger partial charge in [-0.25, -0.2) is 8.42 Å². The minimum atomic E-state index is -4.05. The number of benzene rings is 4. The summed E-state index contributed by atoms with van der Waals surface area (Å²) in [6.45, 7) is 1.89. The highest BCUT2D eigenvalue weighted by atomic mass is 32.2. The lowest BCUT2D eigenvalue weighted by atomic mass is 10.1. The first-order chi connectivity index (χ1) is 17.5. The van der Waals surface area contributed by atoms with Crippen molar-refractivity contribution in [1.82, 2.24) is 0 Å². The number of hydrogen-bond acceptors (Lipinski definition) is 3. The van der Waals surface area contributed by atoms with E-state index in [0.717, 1.165) is 15.4 Å². The third-order valence-electron chi connectivity index (χ3n) is 5.32. The van der Waals surface area contributed by atoms with Crippen LogP contribution in [0.15, 0.2) is 113 Å². The standard InChI is InChI=1S/C29H22N4O2S/c1-23-15-19-27(20-16-23)36(34,35)33(22-21-25-11-5-7-13-28(25)31-32-30)29-14-8-6-12-26(29)18-17-24-9-3-2-4-10-24/h2-20H,1H3/b18-17+. The van der Waals surface area contributed by atoms with Crippen LogP contribution in [0.3, 0.4) is 0 Å². The normalized spacial score (nSPS) is 10.8. The fourth-order valence-electron chi connectivity index (χ4n) is 3.45. The van der Waals surface area contributed by atoms with Crippen LogP contribution in [0.5, 0.6) is 0 Å². The van der Waals surface area contributed by atoms with Crippen molar-refractivity contribution in [3.05, 3.63) is 136 Å². The van der Waals surface area contributed by atoms with Crippen LogP contribution in [0.1, 0.15) is 22.3 Å². The molecule has 0 saturated heterocycles. The summed E-state index contributed by atoms with van der Waals surface area (Å²) in [5.74, 6) is 2.89. The SMILES string of the molecule is Cc1ccc(S(=O)(=O)N(C#Cc2ccccc2N=[N+]=[N-])c2ccccc2/C=C/c2ccccc2)cc1. The van der Waals surface area contributed by atoms with Crippen LogP contribution < -0.4 is 4.31 Å². The van der Waals surface area contributed by atoms with Crippen molar-refractivity contribution in [3.63, 3.8) is 0 Å². The van der Waals surface area contributed by atoms with Crippen LogP contribution in [0.4, 0.5) is 11.4 Å². The van der Waals surface area contributed by atoms with Gasteiger partial charge in [0.15, 0.2) is 0 Å². The van der Waals surface area contributed by atoms with Gasteiger partial charge in [-0.15, -0.1) is 0 Å². The number of sulfonamides is 1. The first-order valence-electron chi connectivity index (χ1n) is 11.1. The maximum Gasteiger partial charge on any atom is 0.275 e. The number of aryl methyl sites for hydroxylation is 1. The van der Waals surface area contributed by atoms with Crippen molar-refractivity contribution in [2.75, 3.05) is 4.31 Å². The predicted octanol–water partition coefficient (Wildman–Crippen LogP) is 7.31. The predicted molar refractivity (Wildman–Crippen MR) is 145 cm³/mol. The van der Waals surface area contributed by atoms with Crippen LogP contribution in [-0.4, -0.2) is 8.42 Å². The summed E-state index contributed by atoms with van der Waals surface area (Å²) in [6, 6.07) is 33.1. The minimum absolute atomic E-state index is 0.118. The van der Waals surface area contributed by atoms with Gasteiger partial charge in [0.25, 0.3) is 10.0 Å². The molecule has 0 aromatic heterocycles. The number of rotatable bonds is 6. The molecule has 176 valence electrons. The molecule has 0 bridgehead atoms. The molecule has 0 N–H and O–H groups in total. The van der Waals surface area contributed by atoms with Crippen LogP contribution in [0.2, 0.25) is 0 Å². The minimum Gasteiger partial charge on any atom is -0.200 e. The molecule has 0 saturated carbocycles. The molecule has 4 aromatic rings. The highest BCUT2D eigenvalue weighted by Gasteiger charge is 2.25. The van der Waals surface area contributed by atoms with Gasteiger partial charge in [-0.3, -0.25) is 0 Å². The molecule has 0 amide bonds. The summed E-state index contributed by atoms with van der Waals surface area (Å²) in [5, 5.41) is 3.67. The molecule has 0 aliphatic carbocycles. The fraction of sp³-hybridized carbons (Fsp3) is 0.0345. The third-order valence-corrected chi connectivity index (χ3v) is 6.95. The number of para-hydroxylation sites is 1. The molecular formula is C29H22N4O2S. The van der Waals surface area contributed by atoms with Gasteiger partial charge < -0.3 is 0 Å². The first-order valence-corrected chi connectivity index (χ1v) is 12.5. The zero-order valence-electron chi connectivity index (χ0n) is 19.5. The average Bonchev–Trinajstić information content (AvgIpc) is 2.90. The van der Waals surface area contributed by atoms with E-state index in [1.165, 1.54) is 0 Å². The number of azide groups is 1. The van der Waals surface area contributed by atoms with E-state index in [1.807, 2.05) is 61.5 Å². The molecule has 0 atom stereocenters. The largest absolute Gasteiger partial charge is 0.275 e. The summed E-state index contributed by atoms with van der Waals surface area (Å²) < 4.78 is 28.7. The van der Waals surface area contributed by atoms with Crippen LogP contribution >= 0.6 is 0 Å². The molecule has 6 nitrogen and oxygen atoms in total. The fourth-order valence-corrected chi connectivity index (χ4v) is 4.74. The Morgan fingerprint density at radius 3 is 2.25 bits per heavy atom. The van der Waals surface area contributed by atoms with E-state index in [0.29, 0.717) is 22.5 Å². The van der Waals surface area contributed by atoms with Crippen LogP contribution in [0, 0.1) is 18.9 Å². The Morgan fingerprint density at radius 1 is 0.833 bits per heavy atom. The summed E-state index contributed by atoms with van der Waals surface area (Å²) >= 11 is 0. The lowest BCUT2D eigenvalue weighted by Crippen LogP contribution is -2.27. The monoisotopic (exact) mass is 490 g/mol. The second-order valence-corrected chi connectivity index (χ2v) is 9.62. The van der Waals surface area contributed by atoms with Crippen molar-refractivity contribution in [3.8, 4) is 12.0 Å². The maximum absolute atomic E-state index is 13.8. The van der Waals surface area contributed by atoms with Gasteiger partial charge in [0.2, 0.25) is 0 Å². The lowest BCUT2D eigenvalue weighted by Gasteiger charge is -2.20. The molecule has 7 heteroatoms. The molecule has 0 unspecified atom stereocenters. The Kier molecular flexibility index (Phi) is 7.52. The topological polar surface area (TPSA) is 86.1 Å². The van der Waals surface area contributed by atoms with Crippen molar-refractivity contribution in [1.29, 1.82) is 0 Å². The molecule has 0 aliphatic heterocycles.